The summed E-state index contributed by atoms with van der Waals surface area (Å²) in [4.78, 5) is 0. The maximum Gasteiger partial charge on any atom is 0.0992 e. The Morgan fingerprint density at radius 2 is 2.10 bits per heavy atom. The van der Waals surface area contributed by atoms with Crippen LogP contribution in [0.4, 0.5) is 0 Å². The number of hydrogen-bond acceptors (Lipinski definition) is 3. The molecule has 10 heavy (non-hydrogen) atoms. The zero-order valence-corrected chi connectivity index (χ0v) is 6.55. The van der Waals surface area contributed by atoms with Crippen LogP contribution in [0.1, 0.15) is 20.8 Å². The Morgan fingerprint density at radius 3 is 2.30 bits per heavy atom. The highest BCUT2D eigenvalue weighted by Crippen LogP contribution is 2.30. The third-order valence-corrected chi connectivity index (χ3v) is 1.92. The summed E-state index contributed by atoms with van der Waals surface area (Å²) in [6.07, 6.45) is 0. The van der Waals surface area contributed by atoms with E-state index in [2.05, 4.69) is 10.2 Å². The molecule has 0 spiro atoms. The van der Waals surface area contributed by atoms with Crippen LogP contribution in [0, 0.1) is 0 Å². The zero-order valence-electron chi connectivity index (χ0n) is 6.55. The fourth-order valence-corrected chi connectivity index (χ4v) is 0.839. The Bertz CT molecular complexity index is 204. The minimum atomic E-state index is -0.196. The SMILES string of the molecule is CC1=C(CO)N=NC1(C)C. The minimum absolute atomic E-state index is 0.00123. The molecule has 1 aliphatic rings. The molecule has 56 valence electrons. The Labute approximate surface area is 60.5 Å². The van der Waals surface area contributed by atoms with Gasteiger partial charge >= 0.3 is 0 Å². The Kier molecular flexibility index (Phi) is 1.60. The van der Waals surface area contributed by atoms with Crippen LogP contribution in [0.3, 0.4) is 0 Å². The minimum Gasteiger partial charge on any atom is -0.390 e. The second kappa shape index (κ2) is 2.16. The first-order valence-electron chi connectivity index (χ1n) is 3.32. The molecule has 0 saturated carbocycles. The first kappa shape index (κ1) is 7.41. The van der Waals surface area contributed by atoms with Crippen LogP contribution >= 0.6 is 0 Å². The molecule has 3 nitrogen and oxygen atoms in total. The average Bonchev–Trinajstić information content (AvgIpc) is 2.10. The van der Waals surface area contributed by atoms with Crippen LogP contribution < -0.4 is 0 Å². The number of azo groups is 1. The van der Waals surface area contributed by atoms with E-state index < -0.39 is 0 Å². The van der Waals surface area contributed by atoms with Gasteiger partial charge in [-0.1, -0.05) is 0 Å². The molecule has 0 fully saturated rings. The van der Waals surface area contributed by atoms with Gasteiger partial charge in [-0.2, -0.15) is 10.2 Å². The Hall–Kier alpha value is -0.700. The summed E-state index contributed by atoms with van der Waals surface area (Å²) in [5.74, 6) is 0. The van der Waals surface area contributed by atoms with E-state index in [4.69, 9.17) is 5.11 Å². The molecule has 0 saturated heterocycles. The molecule has 1 aliphatic heterocycles. The smallest absolute Gasteiger partial charge is 0.0992 e. The molecule has 0 bridgehead atoms. The monoisotopic (exact) mass is 140 g/mol. The van der Waals surface area contributed by atoms with Gasteiger partial charge in [0.2, 0.25) is 0 Å². The van der Waals surface area contributed by atoms with Crippen molar-refractivity contribution in [1.29, 1.82) is 0 Å². The average molecular weight is 140 g/mol. The van der Waals surface area contributed by atoms with Crippen molar-refractivity contribution in [3.05, 3.63) is 11.3 Å². The van der Waals surface area contributed by atoms with E-state index >= 15 is 0 Å². The second-order valence-electron chi connectivity index (χ2n) is 2.99. The van der Waals surface area contributed by atoms with Gasteiger partial charge in [-0.05, 0) is 26.3 Å². The number of aliphatic hydroxyl groups is 1. The van der Waals surface area contributed by atoms with E-state index in [0.717, 1.165) is 5.57 Å². The van der Waals surface area contributed by atoms with Crippen molar-refractivity contribution in [1.82, 2.24) is 0 Å². The van der Waals surface area contributed by atoms with Crippen LogP contribution in [-0.4, -0.2) is 17.3 Å². The predicted molar refractivity (Wildman–Crippen MR) is 38.7 cm³/mol. The lowest BCUT2D eigenvalue weighted by molar-refractivity contribution is 0.328. The fourth-order valence-electron chi connectivity index (χ4n) is 0.839. The molecule has 0 unspecified atom stereocenters. The maximum atomic E-state index is 8.76. The van der Waals surface area contributed by atoms with Gasteiger partial charge in [-0.25, -0.2) is 0 Å². The third kappa shape index (κ3) is 0.968. The summed E-state index contributed by atoms with van der Waals surface area (Å²) in [5.41, 5.74) is 1.58. The van der Waals surface area contributed by atoms with Crippen LogP contribution in [0.5, 0.6) is 0 Å². The van der Waals surface area contributed by atoms with Crippen molar-refractivity contribution in [2.75, 3.05) is 6.61 Å². The molecule has 1 N–H and O–H groups in total. The number of hydrogen-bond donors (Lipinski definition) is 1. The van der Waals surface area contributed by atoms with E-state index in [1.54, 1.807) is 0 Å². The molecule has 0 aromatic rings. The van der Waals surface area contributed by atoms with Crippen LogP contribution in [0.25, 0.3) is 0 Å². The van der Waals surface area contributed by atoms with E-state index in [0.29, 0.717) is 5.70 Å². The lowest BCUT2D eigenvalue weighted by Crippen LogP contribution is -2.15. The molecule has 0 atom stereocenters. The topological polar surface area (TPSA) is 45.0 Å². The summed E-state index contributed by atoms with van der Waals surface area (Å²) in [5, 5.41) is 16.6. The molecular formula is C7H12N2O. The highest BCUT2D eigenvalue weighted by molar-refractivity contribution is 5.25. The zero-order chi connectivity index (χ0) is 7.78. The fraction of sp³-hybridized carbons (Fsp3) is 0.714. The summed E-state index contributed by atoms with van der Waals surface area (Å²) in [7, 11) is 0. The Balaban J connectivity index is 2.95. The van der Waals surface area contributed by atoms with Crippen molar-refractivity contribution in [3.8, 4) is 0 Å². The van der Waals surface area contributed by atoms with Gasteiger partial charge in [-0.15, -0.1) is 0 Å². The van der Waals surface area contributed by atoms with E-state index in [1.165, 1.54) is 0 Å². The molecule has 0 aromatic carbocycles. The maximum absolute atomic E-state index is 8.76. The lowest BCUT2D eigenvalue weighted by Gasteiger charge is -2.13. The predicted octanol–water partition coefficient (Wildman–Crippen LogP) is 1.50. The summed E-state index contributed by atoms with van der Waals surface area (Å²) >= 11 is 0. The van der Waals surface area contributed by atoms with Crippen molar-refractivity contribution in [2.24, 2.45) is 10.2 Å². The van der Waals surface area contributed by atoms with Gasteiger partial charge in [0.15, 0.2) is 0 Å². The van der Waals surface area contributed by atoms with Crippen molar-refractivity contribution < 1.29 is 5.11 Å². The summed E-state index contributed by atoms with van der Waals surface area (Å²) < 4.78 is 0. The van der Waals surface area contributed by atoms with Crippen LogP contribution in [-0.2, 0) is 0 Å². The lowest BCUT2D eigenvalue weighted by atomic mass is 9.96. The molecule has 0 aliphatic carbocycles. The second-order valence-corrected chi connectivity index (χ2v) is 2.99. The number of nitrogens with zero attached hydrogens (tertiary/aromatic N) is 2. The third-order valence-electron chi connectivity index (χ3n) is 1.92. The number of aliphatic hydroxyl groups excluding tert-OH is 1. The first-order chi connectivity index (χ1) is 4.58. The van der Waals surface area contributed by atoms with E-state index in [9.17, 15) is 0 Å². The van der Waals surface area contributed by atoms with Crippen molar-refractivity contribution in [3.63, 3.8) is 0 Å². The van der Waals surface area contributed by atoms with Crippen molar-refractivity contribution >= 4 is 0 Å². The van der Waals surface area contributed by atoms with Crippen LogP contribution in [0.15, 0.2) is 21.5 Å². The molecule has 3 heteroatoms. The van der Waals surface area contributed by atoms with Gasteiger partial charge in [0.25, 0.3) is 0 Å². The van der Waals surface area contributed by atoms with Gasteiger partial charge in [0, 0.05) is 0 Å². The molecule has 1 heterocycles. The van der Waals surface area contributed by atoms with E-state index in [1.807, 2.05) is 20.8 Å². The van der Waals surface area contributed by atoms with Crippen LogP contribution in [0.2, 0.25) is 0 Å². The van der Waals surface area contributed by atoms with Gasteiger partial charge < -0.3 is 5.11 Å². The normalized spacial score (nSPS) is 22.4. The van der Waals surface area contributed by atoms with Gasteiger partial charge in [0.05, 0.1) is 17.8 Å². The first-order valence-corrected chi connectivity index (χ1v) is 3.32. The summed E-state index contributed by atoms with van der Waals surface area (Å²) in [6, 6.07) is 0. The Morgan fingerprint density at radius 1 is 1.50 bits per heavy atom. The van der Waals surface area contributed by atoms with E-state index in [-0.39, 0.29) is 12.1 Å². The quantitative estimate of drug-likeness (QED) is 0.589. The van der Waals surface area contributed by atoms with Gasteiger partial charge in [-0.3, -0.25) is 0 Å². The summed E-state index contributed by atoms with van der Waals surface area (Å²) in [6.45, 7) is 5.91. The highest BCUT2D eigenvalue weighted by Gasteiger charge is 2.26. The molecular weight excluding hydrogens is 128 g/mol. The number of rotatable bonds is 1. The molecule has 0 radical (unpaired) electrons. The standard InChI is InChI=1S/C7H12N2O/c1-5-6(4-10)8-9-7(5,2)3/h10H,4H2,1-3H3. The molecule has 0 amide bonds. The van der Waals surface area contributed by atoms with Crippen molar-refractivity contribution in [2.45, 2.75) is 26.3 Å². The molecule has 0 aromatic heterocycles. The van der Waals surface area contributed by atoms with Gasteiger partial charge in [0.1, 0.15) is 0 Å². The largest absolute Gasteiger partial charge is 0.390 e. The molecule has 1 rings (SSSR count). The highest BCUT2D eigenvalue weighted by atomic mass is 16.3.